The average Bonchev–Trinajstić information content (AvgIpc) is 2.38. The molecular weight excluding hydrogens is 250 g/mol. The molecule has 5 heteroatoms. The van der Waals surface area contributed by atoms with E-state index in [0.717, 1.165) is 5.56 Å². The first-order valence-electron chi connectivity index (χ1n) is 6.01. The molecule has 0 spiro atoms. The van der Waals surface area contributed by atoms with Crippen molar-refractivity contribution in [2.45, 2.75) is 26.3 Å². The lowest BCUT2D eigenvalue weighted by Crippen LogP contribution is -2.10. The van der Waals surface area contributed by atoms with Gasteiger partial charge in [0.2, 0.25) is 0 Å². The molecule has 0 fully saturated rings. The Bertz CT molecular complexity index is 491. The molecule has 0 radical (unpaired) electrons. The summed E-state index contributed by atoms with van der Waals surface area (Å²) in [5.74, 6) is 0.188. The van der Waals surface area contributed by atoms with E-state index in [1.807, 2.05) is 12.1 Å². The second-order valence-corrected chi connectivity index (χ2v) is 6.64. The highest BCUT2D eigenvalue weighted by Gasteiger charge is 2.10. The Labute approximate surface area is 108 Å². The van der Waals surface area contributed by atoms with Crippen molar-refractivity contribution >= 4 is 15.6 Å². The van der Waals surface area contributed by atoms with E-state index in [4.69, 9.17) is 5.73 Å². The van der Waals surface area contributed by atoms with Crippen LogP contribution < -0.4 is 5.73 Å². The third-order valence-corrected chi connectivity index (χ3v) is 4.60. The summed E-state index contributed by atoms with van der Waals surface area (Å²) < 4.78 is 22.6. The maximum atomic E-state index is 11.8. The molecule has 18 heavy (non-hydrogen) atoms. The molecular formula is C13H19NO3S. The molecule has 4 nitrogen and oxygen atoms in total. The molecule has 0 aliphatic heterocycles. The van der Waals surface area contributed by atoms with Crippen molar-refractivity contribution in [3.8, 4) is 0 Å². The van der Waals surface area contributed by atoms with Gasteiger partial charge in [0, 0.05) is 24.3 Å². The van der Waals surface area contributed by atoms with Crippen LogP contribution in [0.4, 0.5) is 0 Å². The Morgan fingerprint density at radius 1 is 1.22 bits per heavy atom. The van der Waals surface area contributed by atoms with Crippen LogP contribution in [0.5, 0.6) is 0 Å². The fourth-order valence-corrected chi connectivity index (χ4v) is 2.44. The van der Waals surface area contributed by atoms with Crippen molar-refractivity contribution in [1.29, 1.82) is 0 Å². The monoisotopic (exact) mass is 269 g/mol. The molecule has 100 valence electrons. The van der Waals surface area contributed by atoms with Crippen molar-refractivity contribution in [2.24, 2.45) is 5.73 Å². The Morgan fingerprint density at radius 3 is 2.33 bits per heavy atom. The number of hydrogen-bond donors (Lipinski definition) is 1. The summed E-state index contributed by atoms with van der Waals surface area (Å²) in [5.41, 5.74) is 7.05. The van der Waals surface area contributed by atoms with Crippen LogP contribution in [0.1, 0.15) is 35.7 Å². The van der Waals surface area contributed by atoms with Gasteiger partial charge in [-0.2, -0.15) is 0 Å². The normalized spacial score (nSPS) is 11.4. The van der Waals surface area contributed by atoms with Gasteiger partial charge in [0.05, 0.1) is 5.75 Å². The van der Waals surface area contributed by atoms with Crippen LogP contribution in [0.3, 0.4) is 0 Å². The van der Waals surface area contributed by atoms with Crippen LogP contribution in [-0.2, 0) is 16.4 Å². The summed E-state index contributed by atoms with van der Waals surface area (Å²) in [6.07, 6.45) is 0.648. The number of carbonyl (C=O) groups excluding carboxylic acids is 1. The van der Waals surface area contributed by atoms with Gasteiger partial charge in [0.25, 0.3) is 0 Å². The molecule has 0 saturated carbocycles. The first-order chi connectivity index (χ1) is 8.48. The van der Waals surface area contributed by atoms with Crippen LogP contribution in [0.2, 0.25) is 0 Å². The molecule has 1 aromatic rings. The highest BCUT2D eigenvalue weighted by molar-refractivity contribution is 7.91. The molecule has 0 atom stereocenters. The molecule has 0 amide bonds. The largest absolute Gasteiger partial charge is 0.326 e. The summed E-state index contributed by atoms with van der Waals surface area (Å²) in [5, 5.41) is 0. The summed E-state index contributed by atoms with van der Waals surface area (Å²) in [7, 11) is -2.98. The van der Waals surface area contributed by atoms with E-state index in [-0.39, 0.29) is 23.7 Å². The number of ketones is 1. The zero-order chi connectivity index (χ0) is 13.6. The molecule has 0 aliphatic carbocycles. The fraction of sp³-hybridized carbons (Fsp3) is 0.462. The van der Waals surface area contributed by atoms with Crippen LogP contribution in [-0.4, -0.2) is 25.7 Å². The molecule has 0 bridgehead atoms. The first kappa shape index (κ1) is 14.9. The SMILES string of the molecule is CCS(=O)(=O)CCCC(=O)c1ccc(CN)cc1. The predicted octanol–water partition coefficient (Wildman–Crippen LogP) is 1.54. The van der Waals surface area contributed by atoms with Crippen LogP contribution in [0, 0.1) is 0 Å². The minimum atomic E-state index is -2.98. The number of carbonyl (C=O) groups is 1. The van der Waals surface area contributed by atoms with Gasteiger partial charge in [0.1, 0.15) is 9.84 Å². The van der Waals surface area contributed by atoms with Crippen molar-refractivity contribution in [3.05, 3.63) is 35.4 Å². The maximum absolute atomic E-state index is 11.8. The van der Waals surface area contributed by atoms with Crippen LogP contribution in [0.15, 0.2) is 24.3 Å². The number of sulfone groups is 1. The third-order valence-electron chi connectivity index (χ3n) is 2.81. The lowest BCUT2D eigenvalue weighted by molar-refractivity contribution is 0.0982. The van der Waals surface area contributed by atoms with Crippen molar-refractivity contribution in [3.63, 3.8) is 0 Å². The third kappa shape index (κ3) is 4.58. The molecule has 0 aliphatic rings. The highest BCUT2D eigenvalue weighted by Crippen LogP contribution is 2.09. The van der Waals surface area contributed by atoms with E-state index in [1.54, 1.807) is 19.1 Å². The van der Waals surface area contributed by atoms with Crippen molar-refractivity contribution in [2.75, 3.05) is 11.5 Å². The summed E-state index contributed by atoms with van der Waals surface area (Å²) >= 11 is 0. The van der Waals surface area contributed by atoms with Gasteiger partial charge in [-0.1, -0.05) is 31.2 Å². The van der Waals surface area contributed by atoms with E-state index in [0.29, 0.717) is 18.5 Å². The van der Waals surface area contributed by atoms with Crippen molar-refractivity contribution in [1.82, 2.24) is 0 Å². The van der Waals surface area contributed by atoms with Gasteiger partial charge in [-0.15, -0.1) is 0 Å². The number of benzene rings is 1. The molecule has 0 heterocycles. The number of hydrogen-bond acceptors (Lipinski definition) is 4. The van der Waals surface area contributed by atoms with Crippen LogP contribution >= 0.6 is 0 Å². The quantitative estimate of drug-likeness (QED) is 0.762. The smallest absolute Gasteiger partial charge is 0.162 e. The van der Waals surface area contributed by atoms with Gasteiger partial charge in [-0.25, -0.2) is 8.42 Å². The van der Waals surface area contributed by atoms with E-state index in [9.17, 15) is 13.2 Å². The molecule has 0 saturated heterocycles. The summed E-state index contributed by atoms with van der Waals surface area (Å²) in [4.78, 5) is 11.8. The minimum absolute atomic E-state index is 0.0233. The lowest BCUT2D eigenvalue weighted by atomic mass is 10.1. The second-order valence-electron chi connectivity index (χ2n) is 4.16. The topological polar surface area (TPSA) is 77.2 Å². The van der Waals surface area contributed by atoms with Gasteiger partial charge in [0.15, 0.2) is 5.78 Å². The highest BCUT2D eigenvalue weighted by atomic mass is 32.2. The molecule has 0 aromatic heterocycles. The van der Waals surface area contributed by atoms with Gasteiger partial charge < -0.3 is 5.73 Å². The minimum Gasteiger partial charge on any atom is -0.326 e. The Hall–Kier alpha value is -1.20. The van der Waals surface area contributed by atoms with E-state index in [1.165, 1.54) is 0 Å². The maximum Gasteiger partial charge on any atom is 0.162 e. The second kappa shape index (κ2) is 6.66. The number of nitrogens with two attached hydrogens (primary N) is 1. The van der Waals surface area contributed by atoms with Crippen LogP contribution in [0.25, 0.3) is 0 Å². The van der Waals surface area contributed by atoms with Gasteiger partial charge in [-0.3, -0.25) is 4.79 Å². The molecule has 2 N–H and O–H groups in total. The average molecular weight is 269 g/mol. The summed E-state index contributed by atoms with van der Waals surface area (Å²) in [6.45, 7) is 2.06. The van der Waals surface area contributed by atoms with E-state index < -0.39 is 9.84 Å². The van der Waals surface area contributed by atoms with Gasteiger partial charge >= 0.3 is 0 Å². The first-order valence-corrected chi connectivity index (χ1v) is 7.83. The summed E-state index contributed by atoms with van der Waals surface area (Å²) in [6, 6.07) is 7.10. The molecule has 1 rings (SSSR count). The number of rotatable bonds is 7. The molecule has 0 unspecified atom stereocenters. The van der Waals surface area contributed by atoms with E-state index >= 15 is 0 Å². The Balaban J connectivity index is 2.50. The fourth-order valence-electron chi connectivity index (χ4n) is 1.57. The zero-order valence-corrected chi connectivity index (χ0v) is 11.4. The predicted molar refractivity (Wildman–Crippen MR) is 72.2 cm³/mol. The Kier molecular flexibility index (Phi) is 5.50. The standard InChI is InChI=1S/C13H19NO3S/c1-2-18(16,17)9-3-4-13(15)12-7-5-11(10-14)6-8-12/h5-8H,2-4,9-10,14H2,1H3. The molecule has 1 aromatic carbocycles. The van der Waals surface area contributed by atoms with Crippen molar-refractivity contribution < 1.29 is 13.2 Å². The Morgan fingerprint density at radius 2 is 1.83 bits per heavy atom. The van der Waals surface area contributed by atoms with E-state index in [2.05, 4.69) is 0 Å². The lowest BCUT2D eigenvalue weighted by Gasteiger charge is -2.03. The number of Topliss-reactive ketones (excluding diaryl/α,β-unsaturated/α-hetero) is 1. The zero-order valence-electron chi connectivity index (χ0n) is 10.6. The van der Waals surface area contributed by atoms with Gasteiger partial charge in [-0.05, 0) is 12.0 Å².